The van der Waals surface area contributed by atoms with Gasteiger partial charge in [0.2, 0.25) is 0 Å². The molecule has 0 saturated heterocycles. The van der Waals surface area contributed by atoms with E-state index in [1.165, 1.54) is 0 Å². The first kappa shape index (κ1) is 12.7. The molecule has 18 heavy (non-hydrogen) atoms. The Labute approximate surface area is 107 Å². The topological polar surface area (TPSA) is 50.4 Å². The van der Waals surface area contributed by atoms with Crippen LogP contribution in [0.25, 0.3) is 0 Å². The molecule has 1 heterocycles. The summed E-state index contributed by atoms with van der Waals surface area (Å²) in [6.07, 6.45) is 4.90. The van der Waals surface area contributed by atoms with Crippen molar-refractivity contribution in [3.05, 3.63) is 48.0 Å². The molecule has 0 amide bonds. The molecule has 1 aliphatic carbocycles. The van der Waals surface area contributed by atoms with Crippen LogP contribution >= 0.6 is 0 Å². The third kappa shape index (κ3) is 1.80. The Balaban J connectivity index is 2.46. The van der Waals surface area contributed by atoms with Crippen molar-refractivity contribution in [3.8, 4) is 0 Å². The summed E-state index contributed by atoms with van der Waals surface area (Å²) in [7, 11) is 0. The van der Waals surface area contributed by atoms with Crippen LogP contribution in [0, 0.1) is 18.3 Å². The normalized spacial score (nSPS) is 26.4. The number of carbonyl (C=O) groups is 1. The smallest absolute Gasteiger partial charge is 0.331 e. The molecular weight excluding hydrogens is 228 g/mol. The lowest BCUT2D eigenvalue weighted by Gasteiger charge is -2.38. The number of furan rings is 1. The van der Waals surface area contributed by atoms with Gasteiger partial charge in [0.05, 0.1) is 6.26 Å². The highest BCUT2D eigenvalue weighted by molar-refractivity contribution is 5.86. The zero-order valence-electron chi connectivity index (χ0n) is 10.8. The molecule has 3 nitrogen and oxygen atoms in total. The van der Waals surface area contributed by atoms with Crippen molar-refractivity contribution in [2.24, 2.45) is 11.3 Å². The lowest BCUT2D eigenvalue weighted by molar-refractivity contribution is -0.133. The van der Waals surface area contributed by atoms with Crippen LogP contribution in [-0.2, 0) is 17.6 Å². The van der Waals surface area contributed by atoms with Crippen molar-refractivity contribution in [2.45, 2.75) is 26.7 Å². The molecule has 0 fully saturated rings. The van der Waals surface area contributed by atoms with Crippen LogP contribution < -0.4 is 0 Å². The predicted molar refractivity (Wildman–Crippen MR) is 69.4 cm³/mol. The lowest BCUT2D eigenvalue weighted by atomic mass is 9.64. The van der Waals surface area contributed by atoms with Gasteiger partial charge in [-0.3, -0.25) is 0 Å². The maximum absolute atomic E-state index is 11.2. The summed E-state index contributed by atoms with van der Waals surface area (Å²) in [5.74, 6) is -0.113. The van der Waals surface area contributed by atoms with Gasteiger partial charge in [0, 0.05) is 17.9 Å². The van der Waals surface area contributed by atoms with E-state index in [9.17, 15) is 9.90 Å². The fourth-order valence-electron chi connectivity index (χ4n) is 2.74. The van der Waals surface area contributed by atoms with Gasteiger partial charge in [-0.25, -0.2) is 4.79 Å². The fraction of sp³-hybridized carbons (Fsp3) is 0.400. The van der Waals surface area contributed by atoms with E-state index in [2.05, 4.69) is 13.2 Å². The van der Waals surface area contributed by atoms with Crippen molar-refractivity contribution < 1.29 is 14.3 Å². The molecule has 1 aliphatic rings. The summed E-state index contributed by atoms with van der Waals surface area (Å²) in [4.78, 5) is 11.2. The van der Waals surface area contributed by atoms with Crippen LogP contribution in [-0.4, -0.2) is 11.1 Å². The molecule has 3 heteroatoms. The first-order valence-corrected chi connectivity index (χ1v) is 6.00. The van der Waals surface area contributed by atoms with Crippen LogP contribution in [0.3, 0.4) is 0 Å². The van der Waals surface area contributed by atoms with Crippen molar-refractivity contribution in [3.63, 3.8) is 0 Å². The molecule has 1 N–H and O–H groups in total. The standard InChI is InChI=1S/C15H18O3/c1-5-15(4)7-13-11(9(2)8-18-13)6-12(15)10(3)14(16)17/h5,8,12H,1,3,6-7H2,2,4H3,(H,16,17)/t12-,15-/m0/s1. The Morgan fingerprint density at radius 2 is 2.33 bits per heavy atom. The predicted octanol–water partition coefficient (Wildman–Crippen LogP) is 3.14. The Morgan fingerprint density at radius 3 is 2.89 bits per heavy atom. The highest BCUT2D eigenvalue weighted by Crippen LogP contribution is 2.45. The Kier molecular flexibility index (Phi) is 2.93. The number of carboxylic acid groups (broad SMARTS) is 1. The molecule has 1 aromatic rings. The van der Waals surface area contributed by atoms with Gasteiger partial charge in [-0.05, 0) is 29.9 Å². The summed E-state index contributed by atoms with van der Waals surface area (Å²) in [5.41, 5.74) is 2.15. The van der Waals surface area contributed by atoms with Gasteiger partial charge in [0.1, 0.15) is 5.76 Å². The number of hydrogen-bond acceptors (Lipinski definition) is 2. The first-order chi connectivity index (χ1) is 8.39. The third-order valence-electron chi connectivity index (χ3n) is 4.10. The van der Waals surface area contributed by atoms with Crippen molar-refractivity contribution in [2.75, 3.05) is 0 Å². The number of rotatable bonds is 3. The Morgan fingerprint density at radius 1 is 1.67 bits per heavy atom. The maximum atomic E-state index is 11.2. The van der Waals surface area contributed by atoms with Gasteiger partial charge in [0.15, 0.2) is 0 Å². The molecule has 0 unspecified atom stereocenters. The molecule has 2 atom stereocenters. The van der Waals surface area contributed by atoms with Crippen LogP contribution in [0.1, 0.15) is 23.8 Å². The largest absolute Gasteiger partial charge is 0.478 e. The molecule has 96 valence electrons. The van der Waals surface area contributed by atoms with Crippen molar-refractivity contribution >= 4 is 5.97 Å². The van der Waals surface area contributed by atoms with Crippen molar-refractivity contribution in [1.29, 1.82) is 0 Å². The van der Waals surface area contributed by atoms with Crippen LogP contribution in [0.5, 0.6) is 0 Å². The molecule has 1 aromatic heterocycles. The summed E-state index contributed by atoms with van der Waals surface area (Å²) in [6.45, 7) is 11.6. The number of allylic oxidation sites excluding steroid dienone is 1. The monoisotopic (exact) mass is 246 g/mol. The Hall–Kier alpha value is -1.77. The summed E-state index contributed by atoms with van der Waals surface area (Å²) in [5, 5.41) is 9.17. The molecule has 0 aliphatic heterocycles. The number of carboxylic acids is 1. The van der Waals surface area contributed by atoms with E-state index in [1.807, 2.05) is 19.9 Å². The summed E-state index contributed by atoms with van der Waals surface area (Å²) >= 11 is 0. The summed E-state index contributed by atoms with van der Waals surface area (Å²) in [6, 6.07) is 0. The van der Waals surface area contributed by atoms with E-state index < -0.39 is 5.97 Å². The zero-order chi connectivity index (χ0) is 13.5. The maximum Gasteiger partial charge on any atom is 0.331 e. The van der Waals surface area contributed by atoms with Gasteiger partial charge in [-0.2, -0.15) is 0 Å². The van der Waals surface area contributed by atoms with E-state index >= 15 is 0 Å². The number of hydrogen-bond donors (Lipinski definition) is 1. The van der Waals surface area contributed by atoms with Gasteiger partial charge in [-0.15, -0.1) is 6.58 Å². The minimum Gasteiger partial charge on any atom is -0.478 e. The average molecular weight is 246 g/mol. The molecule has 0 radical (unpaired) electrons. The highest BCUT2D eigenvalue weighted by Gasteiger charge is 2.41. The SMILES string of the molecule is C=C[C@@]1(C)Cc2occ(C)c2C[C@H]1C(=C)C(=O)O. The lowest BCUT2D eigenvalue weighted by Crippen LogP contribution is -2.36. The van der Waals surface area contributed by atoms with E-state index in [-0.39, 0.29) is 16.9 Å². The highest BCUT2D eigenvalue weighted by atomic mass is 16.4. The molecule has 0 aromatic carbocycles. The quantitative estimate of drug-likeness (QED) is 0.658. The summed E-state index contributed by atoms with van der Waals surface area (Å²) < 4.78 is 5.55. The average Bonchev–Trinajstić information content (AvgIpc) is 2.68. The number of aliphatic carboxylic acids is 1. The number of aryl methyl sites for hydroxylation is 1. The molecule has 0 spiro atoms. The van der Waals surface area contributed by atoms with E-state index in [0.717, 1.165) is 16.9 Å². The molecule has 0 saturated carbocycles. The van der Waals surface area contributed by atoms with Gasteiger partial charge in [0.25, 0.3) is 0 Å². The third-order valence-corrected chi connectivity index (χ3v) is 4.10. The second-order valence-corrected chi connectivity index (χ2v) is 5.29. The van der Waals surface area contributed by atoms with E-state index in [4.69, 9.17) is 4.42 Å². The zero-order valence-corrected chi connectivity index (χ0v) is 10.8. The number of fused-ring (bicyclic) bond motifs is 1. The van der Waals surface area contributed by atoms with Crippen LogP contribution in [0.2, 0.25) is 0 Å². The second-order valence-electron chi connectivity index (χ2n) is 5.29. The Bertz CT molecular complexity index is 524. The van der Waals surface area contributed by atoms with E-state index in [1.54, 1.807) is 6.26 Å². The fourth-order valence-corrected chi connectivity index (χ4v) is 2.74. The van der Waals surface area contributed by atoms with Crippen LogP contribution in [0.4, 0.5) is 0 Å². The van der Waals surface area contributed by atoms with E-state index in [0.29, 0.717) is 12.8 Å². The van der Waals surface area contributed by atoms with Gasteiger partial charge < -0.3 is 9.52 Å². The van der Waals surface area contributed by atoms with Crippen molar-refractivity contribution in [1.82, 2.24) is 0 Å². The molecule has 2 rings (SSSR count). The second kappa shape index (κ2) is 4.16. The first-order valence-electron chi connectivity index (χ1n) is 6.00. The van der Waals surface area contributed by atoms with Crippen LogP contribution in [0.15, 0.2) is 35.5 Å². The minimum absolute atomic E-state index is 0.128. The minimum atomic E-state index is -0.933. The molecular formula is C15H18O3. The van der Waals surface area contributed by atoms with Gasteiger partial charge in [-0.1, -0.05) is 19.6 Å². The van der Waals surface area contributed by atoms with Gasteiger partial charge >= 0.3 is 5.97 Å². The molecule has 0 bridgehead atoms.